The van der Waals surface area contributed by atoms with Crippen LogP contribution in [0.2, 0.25) is 0 Å². The molecule has 2 atom stereocenters. The van der Waals surface area contributed by atoms with Crippen LogP contribution in [0.5, 0.6) is 0 Å². The van der Waals surface area contributed by atoms with Gasteiger partial charge in [-0.2, -0.15) is 0 Å². The molecular weight excluding hydrogens is 544 g/mol. The normalized spacial score (nSPS) is 18.3. The van der Waals surface area contributed by atoms with Crippen molar-refractivity contribution in [3.63, 3.8) is 0 Å². The highest BCUT2D eigenvalue weighted by molar-refractivity contribution is 14.0. The molecule has 1 aliphatic rings. The number of ether oxygens (including phenoxy) is 1. The summed E-state index contributed by atoms with van der Waals surface area (Å²) in [6.07, 6.45) is 7.19. The van der Waals surface area contributed by atoms with Gasteiger partial charge in [0.2, 0.25) is 0 Å². The SMILES string of the molecule is CCNC(=NCc1ccc(-n2ccnc2)c(F)c1)NCC1CCCOC1c1ccc(C)cc1.I. The van der Waals surface area contributed by atoms with Crippen LogP contribution in [0.4, 0.5) is 4.39 Å². The Morgan fingerprint density at radius 2 is 2.03 bits per heavy atom. The topological polar surface area (TPSA) is 63.5 Å². The van der Waals surface area contributed by atoms with Crippen LogP contribution >= 0.6 is 24.0 Å². The van der Waals surface area contributed by atoms with E-state index in [2.05, 4.69) is 51.8 Å². The van der Waals surface area contributed by atoms with E-state index < -0.39 is 0 Å². The minimum atomic E-state index is -0.293. The predicted octanol–water partition coefficient (Wildman–Crippen LogP) is 5.16. The minimum Gasteiger partial charge on any atom is -0.373 e. The first-order valence-electron chi connectivity index (χ1n) is 11.6. The van der Waals surface area contributed by atoms with Gasteiger partial charge in [0.15, 0.2) is 5.96 Å². The van der Waals surface area contributed by atoms with Gasteiger partial charge >= 0.3 is 0 Å². The molecule has 6 nitrogen and oxygen atoms in total. The molecule has 2 unspecified atom stereocenters. The van der Waals surface area contributed by atoms with Crippen LogP contribution < -0.4 is 10.6 Å². The van der Waals surface area contributed by atoms with E-state index in [-0.39, 0.29) is 35.9 Å². The molecule has 8 heteroatoms. The monoisotopic (exact) mass is 577 g/mol. The van der Waals surface area contributed by atoms with E-state index in [1.807, 2.05) is 13.0 Å². The average Bonchev–Trinajstić information content (AvgIpc) is 3.36. The number of guanidine groups is 1. The molecule has 0 bridgehead atoms. The molecule has 0 aliphatic carbocycles. The lowest BCUT2D eigenvalue weighted by atomic mass is 9.89. The fourth-order valence-electron chi connectivity index (χ4n) is 4.18. The van der Waals surface area contributed by atoms with E-state index in [4.69, 9.17) is 4.74 Å². The molecule has 182 valence electrons. The summed E-state index contributed by atoms with van der Waals surface area (Å²) in [6.45, 7) is 6.83. The molecule has 2 aromatic carbocycles. The molecule has 0 spiro atoms. The second-order valence-corrected chi connectivity index (χ2v) is 8.44. The predicted molar refractivity (Wildman–Crippen MR) is 144 cm³/mol. The maximum Gasteiger partial charge on any atom is 0.191 e. The molecule has 2 heterocycles. The molecule has 1 saturated heterocycles. The number of nitrogens with one attached hydrogen (secondary N) is 2. The van der Waals surface area contributed by atoms with Crippen LogP contribution in [-0.4, -0.2) is 35.2 Å². The fourth-order valence-corrected chi connectivity index (χ4v) is 4.18. The van der Waals surface area contributed by atoms with Crippen molar-refractivity contribution in [1.29, 1.82) is 0 Å². The van der Waals surface area contributed by atoms with Crippen molar-refractivity contribution < 1.29 is 9.13 Å². The first kappa shape index (κ1) is 26.2. The summed E-state index contributed by atoms with van der Waals surface area (Å²) >= 11 is 0. The molecule has 2 N–H and O–H groups in total. The zero-order chi connectivity index (χ0) is 23.0. The molecule has 34 heavy (non-hydrogen) atoms. The third kappa shape index (κ3) is 6.79. The maximum atomic E-state index is 14.6. The van der Waals surface area contributed by atoms with Crippen LogP contribution in [-0.2, 0) is 11.3 Å². The van der Waals surface area contributed by atoms with Gasteiger partial charge in [-0.25, -0.2) is 14.4 Å². The summed E-state index contributed by atoms with van der Waals surface area (Å²) in [6, 6.07) is 13.8. The van der Waals surface area contributed by atoms with E-state index in [1.54, 1.807) is 29.4 Å². The zero-order valence-corrected chi connectivity index (χ0v) is 22.0. The Balaban J connectivity index is 0.00000324. The number of hydrogen-bond donors (Lipinski definition) is 2. The standard InChI is InChI=1S/C26H32FN5O.HI/c1-3-29-26(30-16-20-8-11-24(23(27)15-20)32-13-12-28-18-32)31-17-22-5-4-14-33-25(22)21-9-6-19(2)7-10-21;/h6-13,15,18,22,25H,3-5,14,16-17H2,1-2H3,(H2,29,30,31);1H. The van der Waals surface area contributed by atoms with Gasteiger partial charge in [-0.05, 0) is 49.9 Å². The average molecular weight is 577 g/mol. The van der Waals surface area contributed by atoms with Crippen molar-refractivity contribution in [3.8, 4) is 5.69 Å². The highest BCUT2D eigenvalue weighted by atomic mass is 127. The van der Waals surface area contributed by atoms with Gasteiger partial charge < -0.3 is 19.9 Å². The van der Waals surface area contributed by atoms with Crippen LogP contribution in [0.15, 0.2) is 66.2 Å². The van der Waals surface area contributed by atoms with Crippen molar-refractivity contribution in [3.05, 3.63) is 83.7 Å². The Morgan fingerprint density at radius 1 is 1.21 bits per heavy atom. The Morgan fingerprint density at radius 3 is 2.74 bits per heavy atom. The molecule has 0 radical (unpaired) electrons. The molecule has 0 saturated carbocycles. The second kappa shape index (κ2) is 12.9. The minimum absolute atomic E-state index is 0. The van der Waals surface area contributed by atoms with Crippen LogP contribution in [0.1, 0.15) is 42.6 Å². The van der Waals surface area contributed by atoms with Crippen molar-refractivity contribution >= 4 is 29.9 Å². The fraction of sp³-hybridized carbons (Fsp3) is 0.385. The van der Waals surface area contributed by atoms with Gasteiger partial charge in [-0.15, -0.1) is 24.0 Å². The van der Waals surface area contributed by atoms with E-state index in [1.165, 1.54) is 17.2 Å². The van der Waals surface area contributed by atoms with Crippen molar-refractivity contribution in [2.45, 2.75) is 39.3 Å². The first-order chi connectivity index (χ1) is 16.1. The van der Waals surface area contributed by atoms with Crippen LogP contribution in [0, 0.1) is 18.7 Å². The third-order valence-corrected chi connectivity index (χ3v) is 5.94. The molecule has 4 rings (SSSR count). The van der Waals surface area contributed by atoms with Gasteiger partial charge in [-0.3, -0.25) is 0 Å². The summed E-state index contributed by atoms with van der Waals surface area (Å²) < 4.78 is 22.4. The summed E-state index contributed by atoms with van der Waals surface area (Å²) in [7, 11) is 0. The Bertz CT molecular complexity index is 1060. The number of hydrogen-bond acceptors (Lipinski definition) is 3. The smallest absolute Gasteiger partial charge is 0.191 e. The number of aryl methyl sites for hydroxylation is 1. The number of nitrogens with zero attached hydrogens (tertiary/aromatic N) is 3. The molecule has 3 aromatic rings. The largest absolute Gasteiger partial charge is 0.373 e. The molecular formula is C26H33FIN5O. The quantitative estimate of drug-likeness (QED) is 0.232. The zero-order valence-electron chi connectivity index (χ0n) is 19.7. The first-order valence-corrected chi connectivity index (χ1v) is 11.6. The second-order valence-electron chi connectivity index (χ2n) is 8.44. The van der Waals surface area contributed by atoms with Crippen molar-refractivity contribution in [1.82, 2.24) is 20.2 Å². The lowest BCUT2D eigenvalue weighted by Gasteiger charge is -2.32. The van der Waals surface area contributed by atoms with Gasteiger partial charge in [0, 0.05) is 38.0 Å². The summed E-state index contributed by atoms with van der Waals surface area (Å²) in [5.41, 5.74) is 3.76. The highest BCUT2D eigenvalue weighted by Gasteiger charge is 2.27. The summed E-state index contributed by atoms with van der Waals surface area (Å²) in [5, 5.41) is 6.77. The molecule has 1 aromatic heterocycles. The van der Waals surface area contributed by atoms with E-state index in [0.717, 1.165) is 44.1 Å². The number of rotatable bonds is 7. The molecule has 1 fully saturated rings. The van der Waals surface area contributed by atoms with Gasteiger partial charge in [-0.1, -0.05) is 35.9 Å². The Kier molecular flexibility index (Phi) is 9.88. The third-order valence-electron chi connectivity index (χ3n) is 5.94. The Labute approximate surface area is 218 Å². The lowest BCUT2D eigenvalue weighted by molar-refractivity contribution is -0.0265. The number of aliphatic imine (C=N–C) groups is 1. The number of imidazole rings is 1. The van der Waals surface area contributed by atoms with Gasteiger partial charge in [0.1, 0.15) is 5.82 Å². The van der Waals surface area contributed by atoms with E-state index in [0.29, 0.717) is 18.2 Å². The van der Waals surface area contributed by atoms with Crippen molar-refractivity contribution in [2.24, 2.45) is 10.9 Å². The van der Waals surface area contributed by atoms with Crippen LogP contribution in [0.3, 0.4) is 0 Å². The van der Waals surface area contributed by atoms with Crippen molar-refractivity contribution in [2.75, 3.05) is 19.7 Å². The lowest BCUT2D eigenvalue weighted by Crippen LogP contribution is -2.42. The molecule has 1 aliphatic heterocycles. The van der Waals surface area contributed by atoms with E-state index >= 15 is 0 Å². The highest BCUT2D eigenvalue weighted by Crippen LogP contribution is 2.33. The van der Waals surface area contributed by atoms with Gasteiger partial charge in [0.25, 0.3) is 0 Å². The Hall–Kier alpha value is -2.46. The summed E-state index contributed by atoms with van der Waals surface area (Å²) in [5.74, 6) is 0.793. The maximum absolute atomic E-state index is 14.6. The number of aromatic nitrogens is 2. The van der Waals surface area contributed by atoms with Crippen LogP contribution in [0.25, 0.3) is 5.69 Å². The molecule has 0 amide bonds. The number of benzene rings is 2. The van der Waals surface area contributed by atoms with Gasteiger partial charge in [0.05, 0.1) is 24.7 Å². The van der Waals surface area contributed by atoms with E-state index in [9.17, 15) is 4.39 Å². The summed E-state index contributed by atoms with van der Waals surface area (Å²) in [4.78, 5) is 8.66. The number of halogens is 2.